The summed E-state index contributed by atoms with van der Waals surface area (Å²) in [5.41, 5.74) is 3.19. The second-order valence-corrected chi connectivity index (χ2v) is 12.3. The molecule has 0 amide bonds. The number of hydrogen-bond acceptors (Lipinski definition) is 8. The fraction of sp³-hybridized carbons (Fsp3) is 0.833. The van der Waals surface area contributed by atoms with E-state index >= 15 is 0 Å². The highest BCUT2D eigenvalue weighted by Gasteiger charge is 2.63. The summed E-state index contributed by atoms with van der Waals surface area (Å²) in [4.78, 5) is 0. The minimum atomic E-state index is -4.00. The van der Waals surface area contributed by atoms with E-state index in [1.54, 1.807) is 0 Å². The van der Waals surface area contributed by atoms with Gasteiger partial charge in [-0.05, 0) is 77.0 Å². The van der Waals surface area contributed by atoms with Crippen molar-refractivity contribution in [1.29, 1.82) is 0 Å². The molecule has 0 radical (unpaired) electrons. The van der Waals surface area contributed by atoms with Crippen LogP contribution in [0.2, 0.25) is 0 Å². The van der Waals surface area contributed by atoms with Crippen molar-refractivity contribution in [3.63, 3.8) is 0 Å². The summed E-state index contributed by atoms with van der Waals surface area (Å²) >= 11 is 0. The molecule has 0 heterocycles. The molecular formula is C24H48N4O4Si. The molecule has 0 N–H and O–H groups in total. The molecule has 0 rings (SSSR count). The first-order valence-electron chi connectivity index (χ1n) is 12.1. The molecule has 0 aromatic carbocycles. The van der Waals surface area contributed by atoms with Gasteiger partial charge in [0.05, 0.1) is 22.8 Å². The molecule has 0 aliphatic heterocycles. The first-order valence-corrected chi connectivity index (χ1v) is 13.7. The largest absolute Gasteiger partial charge is 1.05 e. The first-order chi connectivity index (χ1) is 15.2. The molecule has 192 valence electrons. The summed E-state index contributed by atoms with van der Waals surface area (Å²) in [6, 6.07) is 0. The summed E-state index contributed by atoms with van der Waals surface area (Å²) < 4.78 is 23.2. The van der Waals surface area contributed by atoms with Crippen LogP contribution in [0.1, 0.15) is 109 Å². The van der Waals surface area contributed by atoms with Crippen molar-refractivity contribution in [2.45, 2.75) is 109 Å². The molecule has 0 saturated carbocycles. The average molecular weight is 485 g/mol. The topological polar surface area (TPSA) is 86.4 Å². The van der Waals surface area contributed by atoms with Gasteiger partial charge in [0.1, 0.15) is 0 Å². The second-order valence-electron chi connectivity index (χ2n) is 10.6. The Bertz CT molecular complexity index is 568. The molecule has 0 unspecified atom stereocenters. The molecule has 0 saturated heterocycles. The average Bonchev–Trinajstić information content (AvgIpc) is 2.64. The van der Waals surface area contributed by atoms with Gasteiger partial charge in [0.15, 0.2) is 0 Å². The van der Waals surface area contributed by atoms with E-state index in [2.05, 4.69) is 76.0 Å². The predicted molar refractivity (Wildman–Crippen MR) is 140 cm³/mol. The van der Waals surface area contributed by atoms with Gasteiger partial charge in [-0.15, -0.1) is 20.6 Å². The van der Waals surface area contributed by atoms with Crippen LogP contribution in [0.25, 0.3) is 0 Å². The van der Waals surface area contributed by atoms with Gasteiger partial charge in [-0.2, -0.15) is 0 Å². The van der Waals surface area contributed by atoms with Crippen LogP contribution >= 0.6 is 0 Å². The first kappa shape index (κ1) is 31.1. The van der Waals surface area contributed by atoms with Crippen molar-refractivity contribution in [3.8, 4) is 0 Å². The van der Waals surface area contributed by atoms with E-state index in [1.165, 1.54) is 0 Å². The summed E-state index contributed by atoms with van der Waals surface area (Å²) in [5.74, 6) is 1.72. The highest BCUT2D eigenvalue weighted by atomic mass is 28.4. The minimum Gasteiger partial charge on any atom is -0.340 e. The molecule has 0 aliphatic rings. The van der Waals surface area contributed by atoms with E-state index < -0.39 is 9.05 Å². The Kier molecular flexibility index (Phi) is 14.9. The fourth-order valence-corrected chi connectivity index (χ4v) is 4.42. The normalized spacial score (nSPS) is 14.5. The SMILES string of the molecule is C/C(CC(C)C)=N\O[Si](O/N=C(\C)CC(C)C)(O/N=C(\C)CC(C)C)O/N=C(\C)CC(C)C. The third kappa shape index (κ3) is 16.4. The third-order valence-electron chi connectivity index (χ3n) is 4.07. The zero-order valence-electron chi connectivity index (χ0n) is 23.1. The Balaban J connectivity index is 6.10. The lowest BCUT2D eigenvalue weighted by Gasteiger charge is -2.19. The lowest BCUT2D eigenvalue weighted by Crippen LogP contribution is -2.45. The fourth-order valence-electron chi connectivity index (χ4n) is 3.15. The van der Waals surface area contributed by atoms with Crippen molar-refractivity contribution in [2.75, 3.05) is 0 Å². The van der Waals surface area contributed by atoms with Gasteiger partial charge in [-0.1, -0.05) is 55.4 Å². The van der Waals surface area contributed by atoms with Gasteiger partial charge < -0.3 is 18.1 Å². The van der Waals surface area contributed by atoms with Crippen LogP contribution in [0.4, 0.5) is 0 Å². The van der Waals surface area contributed by atoms with Crippen molar-refractivity contribution >= 4 is 31.9 Å². The van der Waals surface area contributed by atoms with E-state index in [0.717, 1.165) is 48.5 Å². The summed E-state index contributed by atoms with van der Waals surface area (Å²) in [6.07, 6.45) is 3.08. The quantitative estimate of drug-likeness (QED) is 0.132. The Hall–Kier alpha value is -1.90. The molecule has 0 aromatic heterocycles. The summed E-state index contributed by atoms with van der Waals surface area (Å²) in [7, 11) is -4.00. The van der Waals surface area contributed by atoms with E-state index in [9.17, 15) is 0 Å². The van der Waals surface area contributed by atoms with Crippen LogP contribution in [0.3, 0.4) is 0 Å². The van der Waals surface area contributed by atoms with Crippen LogP contribution in [-0.2, 0) is 18.1 Å². The molecule has 9 heteroatoms. The lowest BCUT2D eigenvalue weighted by molar-refractivity contribution is -0.0322. The maximum Gasteiger partial charge on any atom is 1.05 e. The maximum absolute atomic E-state index is 5.80. The van der Waals surface area contributed by atoms with Crippen LogP contribution in [0.15, 0.2) is 20.6 Å². The van der Waals surface area contributed by atoms with E-state index in [-0.39, 0.29) is 0 Å². The van der Waals surface area contributed by atoms with Crippen molar-refractivity contribution in [3.05, 3.63) is 0 Å². The summed E-state index contributed by atoms with van der Waals surface area (Å²) in [6.45, 7) is 24.5. The third-order valence-corrected chi connectivity index (χ3v) is 5.33. The number of hydrogen-bond donors (Lipinski definition) is 0. The van der Waals surface area contributed by atoms with Gasteiger partial charge in [0.2, 0.25) is 0 Å². The van der Waals surface area contributed by atoms with Crippen molar-refractivity contribution < 1.29 is 18.1 Å². The van der Waals surface area contributed by atoms with Gasteiger partial charge in [-0.25, -0.2) is 0 Å². The van der Waals surface area contributed by atoms with Crippen LogP contribution in [0.5, 0.6) is 0 Å². The maximum atomic E-state index is 5.80. The van der Waals surface area contributed by atoms with Crippen molar-refractivity contribution in [1.82, 2.24) is 0 Å². The number of nitrogens with zero attached hydrogens (tertiary/aromatic N) is 4. The van der Waals surface area contributed by atoms with Crippen LogP contribution in [0, 0.1) is 23.7 Å². The van der Waals surface area contributed by atoms with Crippen LogP contribution in [-0.4, -0.2) is 31.9 Å². The zero-order valence-corrected chi connectivity index (χ0v) is 24.1. The van der Waals surface area contributed by atoms with Crippen molar-refractivity contribution in [2.24, 2.45) is 44.3 Å². The molecule has 0 bridgehead atoms. The number of oxime groups is 4. The Morgan fingerprint density at radius 2 is 0.636 bits per heavy atom. The van der Waals surface area contributed by atoms with Gasteiger partial charge in [-0.3, -0.25) is 0 Å². The van der Waals surface area contributed by atoms with Gasteiger partial charge in [0.25, 0.3) is 0 Å². The Labute approximate surface area is 203 Å². The smallest absolute Gasteiger partial charge is 0.340 e. The molecular weight excluding hydrogens is 436 g/mol. The van der Waals surface area contributed by atoms with E-state index in [0.29, 0.717) is 23.7 Å². The molecule has 8 nitrogen and oxygen atoms in total. The van der Waals surface area contributed by atoms with Gasteiger partial charge in [0, 0.05) is 0 Å². The number of rotatable bonds is 16. The van der Waals surface area contributed by atoms with Crippen LogP contribution < -0.4 is 0 Å². The molecule has 0 spiro atoms. The Morgan fingerprint density at radius 3 is 0.788 bits per heavy atom. The van der Waals surface area contributed by atoms with E-state index in [1.807, 2.05) is 27.7 Å². The van der Waals surface area contributed by atoms with E-state index in [4.69, 9.17) is 18.1 Å². The molecule has 33 heavy (non-hydrogen) atoms. The standard InChI is InChI=1S/C24H48N4O4Si/c1-17(2)13-21(9)25-29-33(30-26-22(10)14-18(3)4,31-27-23(11)15-19(5)6)32-28-24(12)16-20(7)8/h17-20H,13-16H2,1-12H3/b25-21+,26-22+,27-23+,28-24+. The lowest BCUT2D eigenvalue weighted by atomic mass is 10.1. The molecule has 0 atom stereocenters. The molecule has 0 aromatic rings. The predicted octanol–water partition coefficient (Wildman–Crippen LogP) is 7.18. The highest BCUT2D eigenvalue weighted by molar-refractivity contribution is 6.53. The second kappa shape index (κ2) is 15.8. The minimum absolute atomic E-state index is 0.431. The monoisotopic (exact) mass is 484 g/mol. The molecule has 0 fully saturated rings. The van der Waals surface area contributed by atoms with Gasteiger partial charge >= 0.3 is 9.05 Å². The highest BCUT2D eigenvalue weighted by Crippen LogP contribution is 2.18. The summed E-state index contributed by atoms with van der Waals surface area (Å²) in [5, 5.41) is 17.0. The molecule has 0 aliphatic carbocycles. The Morgan fingerprint density at radius 1 is 0.455 bits per heavy atom. The zero-order chi connectivity index (χ0) is 25.6.